The van der Waals surface area contributed by atoms with E-state index in [0.717, 1.165) is 41.2 Å². The van der Waals surface area contributed by atoms with Crippen LogP contribution in [0.2, 0.25) is 0 Å². The van der Waals surface area contributed by atoms with Gasteiger partial charge >= 0.3 is 0 Å². The summed E-state index contributed by atoms with van der Waals surface area (Å²) in [6, 6.07) is 17.5. The molecule has 2 heterocycles. The smallest absolute Gasteiger partial charge is 0.236 e. The number of carbonyl (C=O) groups is 1. The molecule has 3 aromatic rings. The van der Waals surface area contributed by atoms with Crippen molar-refractivity contribution >= 4 is 11.7 Å². The molecule has 164 valence electrons. The van der Waals surface area contributed by atoms with Gasteiger partial charge in [-0.15, -0.1) is 0 Å². The molecule has 0 spiro atoms. The van der Waals surface area contributed by atoms with Gasteiger partial charge in [-0.05, 0) is 66.3 Å². The lowest BCUT2D eigenvalue weighted by molar-refractivity contribution is -0.118. The van der Waals surface area contributed by atoms with E-state index in [2.05, 4.69) is 31.3 Å². The van der Waals surface area contributed by atoms with Crippen LogP contribution in [0.4, 0.5) is 5.82 Å². The van der Waals surface area contributed by atoms with Crippen LogP contribution in [-0.4, -0.2) is 24.8 Å². The van der Waals surface area contributed by atoms with Crippen LogP contribution in [0.5, 0.6) is 17.2 Å². The highest BCUT2D eigenvalue weighted by molar-refractivity contribution is 6.01. The number of nitrogens with zero attached hydrogens (tertiary/aromatic N) is 1. The van der Waals surface area contributed by atoms with E-state index in [-0.39, 0.29) is 12.7 Å². The molecule has 0 saturated heterocycles. The van der Waals surface area contributed by atoms with Gasteiger partial charge in [-0.3, -0.25) is 4.79 Å². The minimum Gasteiger partial charge on any atom is -0.496 e. The van der Waals surface area contributed by atoms with Crippen molar-refractivity contribution in [3.05, 3.63) is 65.7 Å². The summed E-state index contributed by atoms with van der Waals surface area (Å²) in [5, 5.41) is 3.03. The number of amides is 1. The lowest BCUT2D eigenvalue weighted by Gasteiger charge is -2.17. The fourth-order valence-electron chi connectivity index (χ4n) is 4.14. The fraction of sp³-hybridized carbons (Fsp3) is 0.308. The Morgan fingerprint density at radius 1 is 1.06 bits per heavy atom. The van der Waals surface area contributed by atoms with Gasteiger partial charge in [-0.25, -0.2) is 4.98 Å². The zero-order valence-corrected chi connectivity index (χ0v) is 18.5. The Hall–Kier alpha value is -3.54. The van der Waals surface area contributed by atoms with E-state index in [0.29, 0.717) is 17.5 Å². The lowest BCUT2D eigenvalue weighted by Crippen LogP contribution is -2.28. The second kappa shape index (κ2) is 7.86. The number of anilines is 1. The Kier molecular flexibility index (Phi) is 5.00. The molecule has 1 aliphatic heterocycles. The van der Waals surface area contributed by atoms with Crippen LogP contribution in [0.1, 0.15) is 43.7 Å². The molecule has 6 nitrogen and oxygen atoms in total. The Labute approximate surface area is 187 Å². The third-order valence-corrected chi connectivity index (χ3v) is 6.27. The maximum atomic E-state index is 13.3. The molecule has 0 bridgehead atoms. The molecule has 1 saturated carbocycles. The highest BCUT2D eigenvalue weighted by atomic mass is 16.7. The zero-order chi connectivity index (χ0) is 22.3. The number of ether oxygens (including phenoxy) is 3. The summed E-state index contributed by atoms with van der Waals surface area (Å²) in [4.78, 5) is 18.0. The molecule has 5 rings (SSSR count). The SMILES string of the molecule is COc1ccc(C(C)C)cc1-c1cccc(NC(=O)C2(c3ccc4c(c3)OCO4)CC2)n1. The molecule has 1 aliphatic carbocycles. The lowest BCUT2D eigenvalue weighted by atomic mass is 9.94. The largest absolute Gasteiger partial charge is 0.496 e. The van der Waals surface area contributed by atoms with E-state index in [4.69, 9.17) is 19.2 Å². The number of nitrogens with one attached hydrogen (secondary N) is 1. The first-order valence-electron chi connectivity index (χ1n) is 10.9. The number of carbonyl (C=O) groups excluding carboxylic acids is 1. The summed E-state index contributed by atoms with van der Waals surface area (Å²) in [5.74, 6) is 3.03. The van der Waals surface area contributed by atoms with Crippen molar-refractivity contribution in [3.63, 3.8) is 0 Å². The van der Waals surface area contributed by atoms with E-state index >= 15 is 0 Å². The molecular weight excluding hydrogens is 404 g/mol. The Bertz CT molecular complexity index is 1180. The number of methoxy groups -OCH3 is 1. The van der Waals surface area contributed by atoms with Gasteiger partial charge in [0.15, 0.2) is 11.5 Å². The van der Waals surface area contributed by atoms with Crippen molar-refractivity contribution in [2.45, 2.75) is 38.0 Å². The minimum atomic E-state index is -0.548. The molecule has 1 fully saturated rings. The second-order valence-corrected chi connectivity index (χ2v) is 8.63. The quantitative estimate of drug-likeness (QED) is 0.576. The average Bonchev–Trinajstić information content (AvgIpc) is 3.49. The summed E-state index contributed by atoms with van der Waals surface area (Å²) in [6.07, 6.45) is 1.59. The van der Waals surface area contributed by atoms with Gasteiger partial charge in [-0.2, -0.15) is 0 Å². The molecule has 1 aromatic heterocycles. The number of benzene rings is 2. The van der Waals surface area contributed by atoms with Crippen molar-refractivity contribution < 1.29 is 19.0 Å². The first kappa shape index (κ1) is 20.4. The van der Waals surface area contributed by atoms with Gasteiger partial charge in [-0.1, -0.05) is 32.0 Å². The Morgan fingerprint density at radius 2 is 1.88 bits per heavy atom. The van der Waals surface area contributed by atoms with Crippen molar-refractivity contribution in [1.29, 1.82) is 0 Å². The van der Waals surface area contributed by atoms with Gasteiger partial charge in [0.25, 0.3) is 0 Å². The van der Waals surface area contributed by atoms with Crippen LogP contribution in [-0.2, 0) is 10.2 Å². The molecular formula is C26H26N2O4. The maximum Gasteiger partial charge on any atom is 0.236 e. The van der Waals surface area contributed by atoms with E-state index in [1.165, 1.54) is 5.56 Å². The summed E-state index contributed by atoms with van der Waals surface area (Å²) in [7, 11) is 1.65. The highest BCUT2D eigenvalue weighted by Gasteiger charge is 2.51. The van der Waals surface area contributed by atoms with E-state index < -0.39 is 5.41 Å². The predicted molar refractivity (Wildman–Crippen MR) is 122 cm³/mol. The van der Waals surface area contributed by atoms with Gasteiger partial charge < -0.3 is 19.5 Å². The molecule has 0 radical (unpaired) electrons. The fourth-order valence-corrected chi connectivity index (χ4v) is 4.14. The third-order valence-electron chi connectivity index (χ3n) is 6.27. The van der Waals surface area contributed by atoms with E-state index in [1.807, 2.05) is 42.5 Å². The number of pyridine rings is 1. The van der Waals surface area contributed by atoms with Gasteiger partial charge in [0.2, 0.25) is 12.7 Å². The number of rotatable bonds is 6. The predicted octanol–water partition coefficient (Wildman–Crippen LogP) is 5.28. The molecule has 0 atom stereocenters. The first-order chi connectivity index (χ1) is 15.5. The maximum absolute atomic E-state index is 13.3. The summed E-state index contributed by atoms with van der Waals surface area (Å²) in [6.45, 7) is 4.53. The number of fused-ring (bicyclic) bond motifs is 1. The number of hydrogen-bond acceptors (Lipinski definition) is 5. The molecule has 2 aromatic carbocycles. The monoisotopic (exact) mass is 430 g/mol. The van der Waals surface area contributed by atoms with Crippen molar-refractivity contribution in [2.24, 2.45) is 0 Å². The molecule has 0 unspecified atom stereocenters. The molecule has 6 heteroatoms. The van der Waals surface area contributed by atoms with Crippen molar-refractivity contribution in [3.8, 4) is 28.5 Å². The van der Waals surface area contributed by atoms with E-state index in [1.54, 1.807) is 7.11 Å². The summed E-state index contributed by atoms with van der Waals surface area (Å²) < 4.78 is 16.5. The van der Waals surface area contributed by atoms with Crippen LogP contribution < -0.4 is 19.5 Å². The van der Waals surface area contributed by atoms with Crippen LogP contribution in [0, 0.1) is 0 Å². The summed E-state index contributed by atoms with van der Waals surface area (Å²) in [5.41, 5.74) is 3.27. The number of hydrogen-bond donors (Lipinski definition) is 1. The van der Waals surface area contributed by atoms with Crippen molar-refractivity contribution in [2.75, 3.05) is 19.2 Å². The molecule has 1 N–H and O–H groups in total. The van der Waals surface area contributed by atoms with Gasteiger partial charge in [0, 0.05) is 5.56 Å². The third kappa shape index (κ3) is 3.55. The first-order valence-corrected chi connectivity index (χ1v) is 10.9. The van der Waals surface area contributed by atoms with Crippen LogP contribution in [0.3, 0.4) is 0 Å². The zero-order valence-electron chi connectivity index (χ0n) is 18.5. The van der Waals surface area contributed by atoms with Crippen molar-refractivity contribution in [1.82, 2.24) is 4.98 Å². The Morgan fingerprint density at radius 3 is 2.62 bits per heavy atom. The normalized spacial score (nSPS) is 15.5. The standard InChI is InChI=1S/C26H26N2O4/c1-16(2)17-7-9-21(30-3)19(13-17)20-5-4-6-24(27-20)28-25(29)26(11-12-26)18-8-10-22-23(14-18)32-15-31-22/h4-10,13-14,16H,11-12,15H2,1-3H3,(H,27,28,29). The molecule has 32 heavy (non-hydrogen) atoms. The van der Waals surface area contributed by atoms with Crippen LogP contribution >= 0.6 is 0 Å². The summed E-state index contributed by atoms with van der Waals surface area (Å²) >= 11 is 0. The van der Waals surface area contributed by atoms with Gasteiger partial charge in [0.05, 0.1) is 18.2 Å². The topological polar surface area (TPSA) is 69.7 Å². The van der Waals surface area contributed by atoms with E-state index in [9.17, 15) is 4.79 Å². The number of aromatic nitrogens is 1. The average molecular weight is 431 g/mol. The second-order valence-electron chi connectivity index (χ2n) is 8.63. The molecule has 1 amide bonds. The minimum absolute atomic E-state index is 0.0519. The van der Waals surface area contributed by atoms with Crippen LogP contribution in [0.25, 0.3) is 11.3 Å². The Balaban J connectivity index is 1.41. The highest BCUT2D eigenvalue weighted by Crippen LogP contribution is 2.51. The van der Waals surface area contributed by atoms with Gasteiger partial charge in [0.1, 0.15) is 11.6 Å². The van der Waals surface area contributed by atoms with Crippen LogP contribution in [0.15, 0.2) is 54.6 Å². The molecule has 2 aliphatic rings.